The molecule has 0 spiro atoms. The lowest BCUT2D eigenvalue weighted by atomic mass is 9.78. The van der Waals surface area contributed by atoms with Gasteiger partial charge in [-0.05, 0) is 58.2 Å². The summed E-state index contributed by atoms with van der Waals surface area (Å²) in [5, 5.41) is 3.29. The molecule has 2 atom stereocenters. The zero-order valence-electron chi connectivity index (χ0n) is 10.7. The minimum Gasteiger partial charge on any atom is -0.380 e. The highest BCUT2D eigenvalue weighted by Gasteiger charge is 2.32. The number of hydrogen-bond acceptors (Lipinski definition) is 3. The second-order valence-corrected chi connectivity index (χ2v) is 5.46. The van der Waals surface area contributed by atoms with Gasteiger partial charge in [0, 0.05) is 19.2 Å². The zero-order chi connectivity index (χ0) is 11.4. The van der Waals surface area contributed by atoms with Crippen molar-refractivity contribution in [3.63, 3.8) is 0 Å². The summed E-state index contributed by atoms with van der Waals surface area (Å²) in [4.78, 5) is 2.48. The van der Waals surface area contributed by atoms with Crippen LogP contribution in [0.4, 0.5) is 0 Å². The highest BCUT2D eigenvalue weighted by Crippen LogP contribution is 2.31. The highest BCUT2D eigenvalue weighted by molar-refractivity contribution is 4.88. The van der Waals surface area contributed by atoms with Crippen LogP contribution < -0.4 is 5.32 Å². The summed E-state index contributed by atoms with van der Waals surface area (Å²) in [6.07, 6.45) is 5.54. The highest BCUT2D eigenvalue weighted by atomic mass is 16.5. The van der Waals surface area contributed by atoms with Gasteiger partial charge in [0.15, 0.2) is 0 Å². The Bertz CT molecular complexity index is 206. The van der Waals surface area contributed by atoms with Crippen LogP contribution in [0.3, 0.4) is 0 Å². The first kappa shape index (κ1) is 12.3. The van der Waals surface area contributed by atoms with Crippen molar-refractivity contribution in [1.29, 1.82) is 0 Å². The van der Waals surface area contributed by atoms with Crippen molar-refractivity contribution in [2.75, 3.05) is 40.4 Å². The molecule has 0 aliphatic heterocycles. The molecule has 3 heteroatoms. The van der Waals surface area contributed by atoms with Crippen LogP contribution in [0.15, 0.2) is 0 Å². The van der Waals surface area contributed by atoms with Crippen molar-refractivity contribution in [2.24, 2.45) is 11.8 Å². The number of rotatable bonds is 8. The van der Waals surface area contributed by atoms with E-state index in [2.05, 4.69) is 17.3 Å². The van der Waals surface area contributed by atoms with Crippen LogP contribution >= 0.6 is 0 Å². The Morgan fingerprint density at radius 3 is 2.62 bits per heavy atom. The lowest BCUT2D eigenvalue weighted by molar-refractivity contribution is 0.0448. The van der Waals surface area contributed by atoms with Gasteiger partial charge in [-0.25, -0.2) is 0 Å². The molecule has 2 fully saturated rings. The molecule has 0 aromatic rings. The first-order valence-corrected chi connectivity index (χ1v) is 6.74. The Labute approximate surface area is 99.5 Å². The minimum atomic E-state index is 0.789. The molecule has 2 unspecified atom stereocenters. The van der Waals surface area contributed by atoms with E-state index in [1.165, 1.54) is 25.7 Å². The smallest absolute Gasteiger partial charge is 0.0593 e. The van der Waals surface area contributed by atoms with Gasteiger partial charge in [-0.15, -0.1) is 0 Å². The average Bonchev–Trinajstić information content (AvgIpc) is 3.03. The Morgan fingerprint density at radius 1 is 1.25 bits per heavy atom. The molecule has 94 valence electrons. The van der Waals surface area contributed by atoms with E-state index in [0.29, 0.717) is 0 Å². The Balaban J connectivity index is 1.53. The van der Waals surface area contributed by atoms with E-state index in [0.717, 1.165) is 44.2 Å². The van der Waals surface area contributed by atoms with E-state index >= 15 is 0 Å². The predicted molar refractivity (Wildman–Crippen MR) is 66.6 cm³/mol. The van der Waals surface area contributed by atoms with Crippen molar-refractivity contribution in [1.82, 2.24) is 10.2 Å². The van der Waals surface area contributed by atoms with Crippen molar-refractivity contribution in [3.8, 4) is 0 Å². The largest absolute Gasteiger partial charge is 0.380 e. The van der Waals surface area contributed by atoms with Crippen LogP contribution in [0.5, 0.6) is 0 Å². The van der Waals surface area contributed by atoms with Crippen LogP contribution in [0.25, 0.3) is 0 Å². The molecule has 0 heterocycles. The van der Waals surface area contributed by atoms with E-state index in [1.807, 2.05) is 7.05 Å². The summed E-state index contributed by atoms with van der Waals surface area (Å²) >= 11 is 0. The summed E-state index contributed by atoms with van der Waals surface area (Å²) in [7, 11) is 4.29. The maximum Gasteiger partial charge on any atom is 0.0593 e. The van der Waals surface area contributed by atoms with Gasteiger partial charge in [-0.2, -0.15) is 0 Å². The van der Waals surface area contributed by atoms with Crippen molar-refractivity contribution < 1.29 is 4.74 Å². The number of nitrogens with one attached hydrogen (secondary N) is 1. The van der Waals surface area contributed by atoms with E-state index in [4.69, 9.17) is 4.74 Å². The van der Waals surface area contributed by atoms with Crippen molar-refractivity contribution >= 4 is 0 Å². The Morgan fingerprint density at radius 2 is 2.06 bits per heavy atom. The Kier molecular flexibility index (Phi) is 4.62. The van der Waals surface area contributed by atoms with Gasteiger partial charge in [0.05, 0.1) is 6.61 Å². The molecule has 2 aliphatic rings. The van der Waals surface area contributed by atoms with Crippen LogP contribution in [0.1, 0.15) is 25.7 Å². The van der Waals surface area contributed by atoms with Crippen molar-refractivity contribution in [2.45, 2.75) is 31.7 Å². The van der Waals surface area contributed by atoms with Gasteiger partial charge in [0.2, 0.25) is 0 Å². The molecule has 2 rings (SSSR count). The Hall–Kier alpha value is -0.120. The molecule has 0 saturated heterocycles. The van der Waals surface area contributed by atoms with Gasteiger partial charge in [0.1, 0.15) is 0 Å². The predicted octanol–water partition coefficient (Wildman–Crippen LogP) is 1.34. The molecule has 0 aromatic heterocycles. The van der Waals surface area contributed by atoms with Crippen LogP contribution in [-0.2, 0) is 4.74 Å². The van der Waals surface area contributed by atoms with Crippen LogP contribution in [0, 0.1) is 11.8 Å². The quantitative estimate of drug-likeness (QED) is 0.632. The van der Waals surface area contributed by atoms with Gasteiger partial charge in [0.25, 0.3) is 0 Å². The van der Waals surface area contributed by atoms with E-state index < -0.39 is 0 Å². The molecule has 16 heavy (non-hydrogen) atoms. The fourth-order valence-electron chi connectivity index (χ4n) is 2.54. The second-order valence-electron chi connectivity index (χ2n) is 5.46. The van der Waals surface area contributed by atoms with Gasteiger partial charge < -0.3 is 15.0 Å². The number of likely N-dealkylation sites (N-methyl/N-ethyl adjacent to an activating group) is 1. The molecule has 0 aromatic carbocycles. The summed E-state index contributed by atoms with van der Waals surface area (Å²) in [6, 6.07) is 0.789. The van der Waals surface area contributed by atoms with Crippen molar-refractivity contribution in [3.05, 3.63) is 0 Å². The number of hydrogen-bond donors (Lipinski definition) is 1. The fraction of sp³-hybridized carbons (Fsp3) is 1.00. The molecule has 0 radical (unpaired) electrons. The molecule has 0 bridgehead atoms. The molecular formula is C13H26N2O. The lowest BCUT2D eigenvalue weighted by Crippen LogP contribution is -2.49. The normalized spacial score (nSPS) is 29.4. The first-order chi connectivity index (χ1) is 7.81. The lowest BCUT2D eigenvalue weighted by Gasteiger charge is -2.42. The first-order valence-electron chi connectivity index (χ1n) is 6.74. The van der Waals surface area contributed by atoms with E-state index in [9.17, 15) is 0 Å². The minimum absolute atomic E-state index is 0.789. The SMILES string of the molecule is CNCC1CCC1N(C)CCOCC1CC1. The molecule has 3 nitrogen and oxygen atoms in total. The van der Waals surface area contributed by atoms with E-state index in [1.54, 1.807) is 0 Å². The third-order valence-electron chi connectivity index (χ3n) is 4.05. The van der Waals surface area contributed by atoms with Gasteiger partial charge >= 0.3 is 0 Å². The van der Waals surface area contributed by atoms with Gasteiger partial charge in [-0.3, -0.25) is 0 Å². The second kappa shape index (κ2) is 5.99. The molecule has 1 N–H and O–H groups in total. The van der Waals surface area contributed by atoms with Gasteiger partial charge in [-0.1, -0.05) is 0 Å². The number of ether oxygens (including phenoxy) is 1. The van der Waals surface area contributed by atoms with Crippen LogP contribution in [0.2, 0.25) is 0 Å². The molecular weight excluding hydrogens is 200 g/mol. The standard InChI is InChI=1S/C13H26N2O/c1-14-9-12-5-6-13(12)15(2)7-8-16-10-11-3-4-11/h11-14H,3-10H2,1-2H3. The summed E-state index contributed by atoms with van der Waals surface area (Å²) < 4.78 is 5.68. The monoisotopic (exact) mass is 226 g/mol. The number of nitrogens with zero attached hydrogens (tertiary/aromatic N) is 1. The average molecular weight is 226 g/mol. The third-order valence-corrected chi connectivity index (χ3v) is 4.05. The van der Waals surface area contributed by atoms with Crippen LogP contribution in [-0.4, -0.2) is 51.3 Å². The maximum atomic E-state index is 5.68. The topological polar surface area (TPSA) is 24.5 Å². The summed E-state index contributed by atoms with van der Waals surface area (Å²) in [6.45, 7) is 4.17. The van der Waals surface area contributed by atoms with E-state index in [-0.39, 0.29) is 0 Å². The zero-order valence-corrected chi connectivity index (χ0v) is 10.7. The fourth-order valence-corrected chi connectivity index (χ4v) is 2.54. The molecule has 2 saturated carbocycles. The molecule has 2 aliphatic carbocycles. The summed E-state index contributed by atoms with van der Waals surface area (Å²) in [5.74, 6) is 1.75. The maximum absolute atomic E-state index is 5.68. The molecule has 0 amide bonds. The third kappa shape index (κ3) is 3.44. The summed E-state index contributed by atoms with van der Waals surface area (Å²) in [5.41, 5.74) is 0.